The van der Waals surface area contributed by atoms with Crippen molar-refractivity contribution in [1.82, 2.24) is 4.90 Å². The Kier molecular flexibility index (Phi) is 3.41. The topological polar surface area (TPSA) is 23.5 Å². The Bertz CT molecular complexity index is 305. The van der Waals surface area contributed by atoms with Crippen molar-refractivity contribution in [1.29, 1.82) is 0 Å². The van der Waals surface area contributed by atoms with Crippen molar-refractivity contribution < 1.29 is 13.9 Å². The number of rotatable bonds is 3. The van der Waals surface area contributed by atoms with Gasteiger partial charge in [0.1, 0.15) is 0 Å². The van der Waals surface area contributed by atoms with E-state index in [-0.39, 0.29) is 0 Å². The van der Waals surface area contributed by atoms with Crippen LogP contribution < -0.4 is 0 Å². The van der Waals surface area contributed by atoms with Gasteiger partial charge in [-0.3, -0.25) is 0 Å². The standard InChI is InChI=1S/C10H13F2NO/c1-3-13(2)6-7-4-8(11)10(14)9(12)5-7/h4-5,14H,3,6H2,1-2H3. The van der Waals surface area contributed by atoms with E-state index >= 15 is 0 Å². The van der Waals surface area contributed by atoms with Crippen LogP contribution >= 0.6 is 0 Å². The molecule has 0 aliphatic heterocycles. The maximum absolute atomic E-state index is 12.9. The van der Waals surface area contributed by atoms with Gasteiger partial charge < -0.3 is 10.0 Å². The van der Waals surface area contributed by atoms with Gasteiger partial charge in [0.05, 0.1) is 0 Å². The molecule has 14 heavy (non-hydrogen) atoms. The SMILES string of the molecule is CCN(C)Cc1cc(F)c(O)c(F)c1. The molecule has 1 N–H and O–H groups in total. The quantitative estimate of drug-likeness (QED) is 0.809. The van der Waals surface area contributed by atoms with Crippen LogP contribution in [-0.2, 0) is 6.54 Å². The molecule has 0 atom stereocenters. The maximum atomic E-state index is 12.9. The lowest BCUT2D eigenvalue weighted by molar-refractivity contribution is 0.341. The van der Waals surface area contributed by atoms with Crippen LogP contribution in [0.25, 0.3) is 0 Å². The van der Waals surface area contributed by atoms with Crippen LogP contribution in [0.1, 0.15) is 12.5 Å². The Morgan fingerprint density at radius 3 is 2.21 bits per heavy atom. The minimum absolute atomic E-state index is 0.463. The number of hydrogen-bond donors (Lipinski definition) is 1. The van der Waals surface area contributed by atoms with Crippen LogP contribution in [0.4, 0.5) is 8.78 Å². The van der Waals surface area contributed by atoms with Crippen molar-refractivity contribution in [3.8, 4) is 5.75 Å². The minimum atomic E-state index is -0.912. The fourth-order valence-corrected chi connectivity index (χ4v) is 1.13. The van der Waals surface area contributed by atoms with Crippen molar-refractivity contribution >= 4 is 0 Å². The van der Waals surface area contributed by atoms with Gasteiger partial charge in [0, 0.05) is 6.54 Å². The predicted octanol–water partition coefficient (Wildman–Crippen LogP) is 2.12. The lowest BCUT2D eigenvalue weighted by atomic mass is 10.2. The molecular weight excluding hydrogens is 188 g/mol. The highest BCUT2D eigenvalue weighted by atomic mass is 19.1. The van der Waals surface area contributed by atoms with Gasteiger partial charge in [0.15, 0.2) is 17.4 Å². The van der Waals surface area contributed by atoms with Gasteiger partial charge in [-0.15, -0.1) is 0 Å². The van der Waals surface area contributed by atoms with Gasteiger partial charge >= 0.3 is 0 Å². The fourth-order valence-electron chi connectivity index (χ4n) is 1.13. The highest BCUT2D eigenvalue weighted by molar-refractivity contribution is 5.29. The third-order valence-electron chi connectivity index (χ3n) is 2.07. The second-order valence-electron chi connectivity index (χ2n) is 3.24. The zero-order chi connectivity index (χ0) is 10.7. The van der Waals surface area contributed by atoms with Crippen LogP contribution in [0.15, 0.2) is 12.1 Å². The molecule has 0 radical (unpaired) electrons. The monoisotopic (exact) mass is 201 g/mol. The first-order valence-electron chi connectivity index (χ1n) is 4.40. The molecule has 0 amide bonds. The van der Waals surface area contributed by atoms with Gasteiger partial charge in [0.25, 0.3) is 0 Å². The third-order valence-corrected chi connectivity index (χ3v) is 2.07. The van der Waals surface area contributed by atoms with E-state index in [1.54, 1.807) is 0 Å². The van der Waals surface area contributed by atoms with Crippen molar-refractivity contribution in [2.24, 2.45) is 0 Å². The molecule has 0 aromatic heterocycles. The van der Waals surface area contributed by atoms with Crippen LogP contribution in [0.2, 0.25) is 0 Å². The zero-order valence-electron chi connectivity index (χ0n) is 8.22. The molecule has 2 nitrogen and oxygen atoms in total. The molecule has 0 saturated heterocycles. The zero-order valence-corrected chi connectivity index (χ0v) is 8.22. The second kappa shape index (κ2) is 4.37. The van der Waals surface area contributed by atoms with Crippen LogP contribution in [0.3, 0.4) is 0 Å². The van der Waals surface area contributed by atoms with Crippen molar-refractivity contribution in [2.75, 3.05) is 13.6 Å². The summed E-state index contributed by atoms with van der Waals surface area (Å²) in [5.41, 5.74) is 0.516. The van der Waals surface area contributed by atoms with Crippen molar-refractivity contribution in [2.45, 2.75) is 13.5 Å². The average Bonchev–Trinajstić information content (AvgIpc) is 2.14. The van der Waals surface area contributed by atoms with Gasteiger partial charge in [0.2, 0.25) is 0 Å². The van der Waals surface area contributed by atoms with Crippen molar-refractivity contribution in [3.63, 3.8) is 0 Å². The number of phenolic OH excluding ortho intramolecular Hbond substituents is 1. The first-order valence-corrected chi connectivity index (χ1v) is 4.40. The lowest BCUT2D eigenvalue weighted by Gasteiger charge is -2.13. The summed E-state index contributed by atoms with van der Waals surface area (Å²) in [7, 11) is 1.85. The Balaban J connectivity index is 2.89. The average molecular weight is 201 g/mol. The highest BCUT2D eigenvalue weighted by Crippen LogP contribution is 2.21. The molecule has 0 spiro atoms. The van der Waals surface area contributed by atoms with E-state index in [2.05, 4.69) is 0 Å². The number of aromatic hydroxyl groups is 1. The summed E-state index contributed by atoms with van der Waals surface area (Å²) in [5.74, 6) is -2.73. The summed E-state index contributed by atoms with van der Waals surface area (Å²) >= 11 is 0. The Labute approximate surface area is 81.8 Å². The Morgan fingerprint density at radius 2 is 1.79 bits per heavy atom. The maximum Gasteiger partial charge on any atom is 0.187 e. The number of halogens is 2. The highest BCUT2D eigenvalue weighted by Gasteiger charge is 2.09. The Hall–Kier alpha value is -1.16. The summed E-state index contributed by atoms with van der Waals surface area (Å²) in [6, 6.07) is 2.29. The summed E-state index contributed by atoms with van der Waals surface area (Å²) in [5, 5.41) is 8.86. The second-order valence-corrected chi connectivity index (χ2v) is 3.24. The van der Waals surface area contributed by atoms with Gasteiger partial charge in [-0.05, 0) is 31.3 Å². The van der Waals surface area contributed by atoms with Gasteiger partial charge in [-0.25, -0.2) is 8.78 Å². The van der Waals surface area contributed by atoms with E-state index in [1.807, 2.05) is 18.9 Å². The number of hydrogen-bond acceptors (Lipinski definition) is 2. The summed E-state index contributed by atoms with van der Waals surface area (Å²) in [4.78, 5) is 1.91. The number of phenols is 1. The molecule has 1 aromatic carbocycles. The van der Waals surface area contributed by atoms with Crippen LogP contribution in [0, 0.1) is 11.6 Å². The minimum Gasteiger partial charge on any atom is -0.503 e. The third kappa shape index (κ3) is 2.42. The molecule has 0 aliphatic rings. The molecular formula is C10H13F2NO. The van der Waals surface area contributed by atoms with E-state index in [4.69, 9.17) is 5.11 Å². The molecule has 0 fully saturated rings. The molecule has 0 bridgehead atoms. The number of nitrogens with zero attached hydrogens (tertiary/aromatic N) is 1. The van der Waals surface area contributed by atoms with E-state index < -0.39 is 17.4 Å². The van der Waals surface area contributed by atoms with E-state index in [0.29, 0.717) is 12.1 Å². The smallest absolute Gasteiger partial charge is 0.187 e. The Morgan fingerprint density at radius 1 is 1.29 bits per heavy atom. The summed E-state index contributed by atoms with van der Waals surface area (Å²) in [6.45, 7) is 3.21. The van der Waals surface area contributed by atoms with Crippen LogP contribution in [0.5, 0.6) is 5.75 Å². The molecule has 1 rings (SSSR count). The predicted molar refractivity (Wildman–Crippen MR) is 50.0 cm³/mol. The van der Waals surface area contributed by atoms with E-state index in [0.717, 1.165) is 18.7 Å². The molecule has 0 saturated carbocycles. The first-order chi connectivity index (χ1) is 6.54. The molecule has 1 aromatic rings. The summed E-state index contributed by atoms with van der Waals surface area (Å²) < 4.78 is 25.8. The number of benzene rings is 1. The molecule has 0 aliphatic carbocycles. The molecule has 4 heteroatoms. The van der Waals surface area contributed by atoms with Crippen molar-refractivity contribution in [3.05, 3.63) is 29.3 Å². The van der Waals surface area contributed by atoms with Gasteiger partial charge in [-0.1, -0.05) is 6.92 Å². The largest absolute Gasteiger partial charge is 0.503 e. The first kappa shape index (κ1) is 10.9. The normalized spacial score (nSPS) is 10.9. The summed E-state index contributed by atoms with van der Waals surface area (Å²) in [6.07, 6.45) is 0. The fraction of sp³-hybridized carbons (Fsp3) is 0.400. The van der Waals surface area contributed by atoms with Crippen LogP contribution in [-0.4, -0.2) is 23.6 Å². The van der Waals surface area contributed by atoms with Gasteiger partial charge in [-0.2, -0.15) is 0 Å². The molecule has 78 valence electrons. The van der Waals surface area contributed by atoms with E-state index in [9.17, 15) is 8.78 Å². The molecule has 0 unspecified atom stereocenters. The lowest BCUT2D eigenvalue weighted by Crippen LogP contribution is -2.16. The van der Waals surface area contributed by atoms with E-state index in [1.165, 1.54) is 0 Å². The molecule has 0 heterocycles.